The molecular weight excluding hydrogens is 100 g/mol. The number of ether oxygens (including phenoxy) is 1. The first-order valence-corrected chi connectivity index (χ1v) is 2.95. The molecule has 0 radical (unpaired) electrons. The summed E-state index contributed by atoms with van der Waals surface area (Å²) in [4.78, 5) is 0. The minimum Gasteiger partial charge on any atom is -0.497 e. The van der Waals surface area contributed by atoms with Gasteiger partial charge in [-0.05, 0) is 12.5 Å². The lowest BCUT2D eigenvalue weighted by molar-refractivity contribution is 0.226. The van der Waals surface area contributed by atoms with Gasteiger partial charge in [0.2, 0.25) is 0 Å². The maximum Gasteiger partial charge on any atom is 0.105 e. The second kappa shape index (κ2) is 1.38. The normalized spacial score (nSPS) is 40.0. The van der Waals surface area contributed by atoms with Gasteiger partial charge in [0.1, 0.15) is 6.10 Å². The molecule has 0 spiro atoms. The highest BCUT2D eigenvalue weighted by atomic mass is 16.5. The molecule has 1 aliphatic carbocycles. The number of allylic oxidation sites excluding steroid dienone is 2. The van der Waals surface area contributed by atoms with Crippen LogP contribution < -0.4 is 0 Å². The van der Waals surface area contributed by atoms with Gasteiger partial charge in [-0.25, -0.2) is 0 Å². The van der Waals surface area contributed by atoms with E-state index >= 15 is 0 Å². The summed E-state index contributed by atoms with van der Waals surface area (Å²) in [5, 5.41) is 0. The number of hydrogen-bond acceptors (Lipinski definition) is 1. The second-order valence-corrected chi connectivity index (χ2v) is 2.29. The van der Waals surface area contributed by atoms with Crippen LogP contribution in [0.2, 0.25) is 0 Å². The van der Waals surface area contributed by atoms with Gasteiger partial charge in [0.25, 0.3) is 0 Å². The maximum atomic E-state index is 5.23. The third-order valence-corrected chi connectivity index (χ3v) is 1.58. The molecule has 0 saturated heterocycles. The molecule has 2 unspecified atom stereocenters. The van der Waals surface area contributed by atoms with Gasteiger partial charge in [0, 0.05) is 5.92 Å². The Balaban J connectivity index is 2.14. The number of fused-ring (bicyclic) bond motifs is 1. The van der Waals surface area contributed by atoms with Crippen LogP contribution in [0, 0.1) is 5.92 Å². The molecule has 1 heterocycles. The zero-order valence-electron chi connectivity index (χ0n) is 4.58. The Bertz CT molecular complexity index is 146. The van der Waals surface area contributed by atoms with Crippen LogP contribution in [0.1, 0.15) is 6.42 Å². The Hall–Kier alpha value is -0.720. The van der Waals surface area contributed by atoms with E-state index in [-0.39, 0.29) is 0 Å². The van der Waals surface area contributed by atoms with E-state index in [1.165, 1.54) is 6.42 Å². The smallest absolute Gasteiger partial charge is 0.105 e. The van der Waals surface area contributed by atoms with Gasteiger partial charge in [0.05, 0.1) is 6.26 Å². The van der Waals surface area contributed by atoms with Crippen molar-refractivity contribution in [1.29, 1.82) is 0 Å². The fourth-order valence-corrected chi connectivity index (χ4v) is 0.947. The molecule has 0 bridgehead atoms. The molecule has 0 aromatic carbocycles. The van der Waals surface area contributed by atoms with Crippen molar-refractivity contribution in [3.05, 3.63) is 24.5 Å². The van der Waals surface area contributed by atoms with E-state index in [0.717, 1.165) is 5.92 Å². The third kappa shape index (κ3) is 0.548. The Labute approximate surface area is 48.7 Å². The van der Waals surface area contributed by atoms with Crippen LogP contribution in [-0.2, 0) is 4.74 Å². The summed E-state index contributed by atoms with van der Waals surface area (Å²) in [5.74, 6) is 0.727. The molecular formula is C7H8O. The predicted molar refractivity (Wildman–Crippen MR) is 31.3 cm³/mol. The van der Waals surface area contributed by atoms with Crippen LogP contribution in [0.3, 0.4) is 0 Å². The van der Waals surface area contributed by atoms with E-state index in [1.807, 2.05) is 6.08 Å². The topological polar surface area (TPSA) is 9.23 Å². The Morgan fingerprint density at radius 1 is 1.38 bits per heavy atom. The fourth-order valence-electron chi connectivity index (χ4n) is 0.947. The largest absolute Gasteiger partial charge is 0.497 e. The second-order valence-electron chi connectivity index (χ2n) is 2.29. The zero-order valence-corrected chi connectivity index (χ0v) is 4.58. The molecule has 0 N–H and O–H groups in total. The molecule has 1 nitrogen and oxygen atoms in total. The van der Waals surface area contributed by atoms with Crippen molar-refractivity contribution >= 4 is 0 Å². The molecule has 1 aliphatic heterocycles. The van der Waals surface area contributed by atoms with Crippen molar-refractivity contribution in [3.63, 3.8) is 0 Å². The molecule has 2 atom stereocenters. The van der Waals surface area contributed by atoms with Crippen molar-refractivity contribution in [3.8, 4) is 0 Å². The average Bonchev–Trinajstić information content (AvgIpc) is 2.36. The first-order chi connectivity index (χ1) is 3.97. The van der Waals surface area contributed by atoms with Crippen molar-refractivity contribution in [2.45, 2.75) is 12.5 Å². The molecule has 8 heavy (non-hydrogen) atoms. The van der Waals surface area contributed by atoms with Crippen LogP contribution in [0.15, 0.2) is 24.5 Å². The van der Waals surface area contributed by atoms with E-state index in [0.29, 0.717) is 6.10 Å². The van der Waals surface area contributed by atoms with Crippen LogP contribution >= 0.6 is 0 Å². The Morgan fingerprint density at radius 2 is 2.38 bits per heavy atom. The van der Waals surface area contributed by atoms with Crippen LogP contribution in [-0.4, -0.2) is 6.10 Å². The van der Waals surface area contributed by atoms with E-state index in [4.69, 9.17) is 4.74 Å². The van der Waals surface area contributed by atoms with Crippen molar-refractivity contribution in [2.75, 3.05) is 0 Å². The highest BCUT2D eigenvalue weighted by Crippen LogP contribution is 2.36. The maximum absolute atomic E-state index is 5.23. The molecule has 1 saturated carbocycles. The summed E-state index contributed by atoms with van der Waals surface area (Å²) < 4.78 is 5.23. The Morgan fingerprint density at radius 3 is 3.38 bits per heavy atom. The first-order valence-electron chi connectivity index (χ1n) is 2.95. The van der Waals surface area contributed by atoms with Gasteiger partial charge in [0.15, 0.2) is 0 Å². The molecule has 2 aliphatic rings. The molecule has 0 aromatic rings. The van der Waals surface area contributed by atoms with Gasteiger partial charge in [-0.2, -0.15) is 0 Å². The van der Waals surface area contributed by atoms with Gasteiger partial charge in [-0.1, -0.05) is 12.2 Å². The molecule has 1 heteroatoms. The summed E-state index contributed by atoms with van der Waals surface area (Å²) in [7, 11) is 0. The van der Waals surface area contributed by atoms with Crippen molar-refractivity contribution in [2.24, 2.45) is 5.92 Å². The van der Waals surface area contributed by atoms with E-state index < -0.39 is 0 Å². The van der Waals surface area contributed by atoms with Crippen molar-refractivity contribution < 1.29 is 4.74 Å². The number of hydrogen-bond donors (Lipinski definition) is 0. The fraction of sp³-hybridized carbons (Fsp3) is 0.429. The monoisotopic (exact) mass is 108 g/mol. The molecule has 2 rings (SSSR count). The lowest BCUT2D eigenvalue weighted by atomic mass is 10.4. The van der Waals surface area contributed by atoms with Gasteiger partial charge < -0.3 is 4.74 Å². The standard InChI is InChI=1S/C7H8O/c1-2-4-8-7-5-6(7)3-1/h1-4,6-7H,5H2. The van der Waals surface area contributed by atoms with Crippen LogP contribution in [0.4, 0.5) is 0 Å². The van der Waals surface area contributed by atoms with Crippen LogP contribution in [0.5, 0.6) is 0 Å². The van der Waals surface area contributed by atoms with Gasteiger partial charge in [-0.3, -0.25) is 0 Å². The summed E-state index contributed by atoms with van der Waals surface area (Å²) in [6.07, 6.45) is 9.71. The SMILES string of the molecule is C1=COC2CC2C=C1. The van der Waals surface area contributed by atoms with E-state index in [1.54, 1.807) is 6.26 Å². The highest BCUT2D eigenvalue weighted by Gasteiger charge is 2.36. The minimum absolute atomic E-state index is 0.519. The van der Waals surface area contributed by atoms with Gasteiger partial charge in [-0.15, -0.1) is 0 Å². The summed E-state index contributed by atoms with van der Waals surface area (Å²) in [5.41, 5.74) is 0. The quantitative estimate of drug-likeness (QED) is 0.456. The first kappa shape index (κ1) is 4.19. The molecule has 42 valence electrons. The van der Waals surface area contributed by atoms with Gasteiger partial charge >= 0.3 is 0 Å². The summed E-state index contributed by atoms with van der Waals surface area (Å²) in [6, 6.07) is 0. The zero-order chi connectivity index (χ0) is 5.40. The van der Waals surface area contributed by atoms with E-state index in [9.17, 15) is 0 Å². The summed E-state index contributed by atoms with van der Waals surface area (Å²) in [6.45, 7) is 0. The highest BCUT2D eigenvalue weighted by molar-refractivity contribution is 5.13. The predicted octanol–water partition coefficient (Wildman–Crippen LogP) is 1.47. The van der Waals surface area contributed by atoms with Crippen molar-refractivity contribution in [1.82, 2.24) is 0 Å². The van der Waals surface area contributed by atoms with Crippen LogP contribution in [0.25, 0.3) is 0 Å². The molecule has 0 amide bonds. The average molecular weight is 108 g/mol. The number of rotatable bonds is 0. The lowest BCUT2D eigenvalue weighted by Gasteiger charge is -1.90. The lowest BCUT2D eigenvalue weighted by Crippen LogP contribution is -1.84. The molecule has 1 fully saturated rings. The molecule has 0 aromatic heterocycles. The van der Waals surface area contributed by atoms with E-state index in [2.05, 4.69) is 12.2 Å². The third-order valence-electron chi connectivity index (χ3n) is 1.58. The Kier molecular flexibility index (Phi) is 0.720. The summed E-state index contributed by atoms with van der Waals surface area (Å²) >= 11 is 0. The minimum atomic E-state index is 0.519.